The zero-order valence-corrected chi connectivity index (χ0v) is 20.1. The topological polar surface area (TPSA) is 87.6 Å². The molecule has 5 nitrogen and oxygen atoms in total. The molecular formula is C31H30N2O3. The summed E-state index contributed by atoms with van der Waals surface area (Å²) < 4.78 is 11.6. The predicted molar refractivity (Wildman–Crippen MR) is 146 cm³/mol. The van der Waals surface area contributed by atoms with E-state index in [-0.39, 0.29) is 5.78 Å². The Hall–Kier alpha value is -4.51. The normalized spacial score (nSPS) is 10.9. The molecule has 4 aromatic rings. The first-order valence-corrected chi connectivity index (χ1v) is 11.9. The lowest BCUT2D eigenvalue weighted by Crippen LogP contribution is -2.09. The van der Waals surface area contributed by atoms with E-state index in [0.29, 0.717) is 30.2 Å². The minimum Gasteiger partial charge on any atom is -0.490 e. The minimum atomic E-state index is -0.0207. The number of carbonyl (C=O) groups excluding carboxylic acids is 1. The van der Waals surface area contributed by atoms with Gasteiger partial charge < -0.3 is 20.9 Å². The van der Waals surface area contributed by atoms with Crippen LogP contribution in [0.15, 0.2) is 103 Å². The van der Waals surface area contributed by atoms with Gasteiger partial charge in [-0.25, -0.2) is 0 Å². The highest BCUT2D eigenvalue weighted by Crippen LogP contribution is 2.18. The lowest BCUT2D eigenvalue weighted by atomic mass is 10.0. The molecule has 0 heterocycles. The molecule has 0 spiro atoms. The lowest BCUT2D eigenvalue weighted by Gasteiger charge is -2.10. The van der Waals surface area contributed by atoms with Gasteiger partial charge in [0, 0.05) is 16.9 Å². The Kier molecular flexibility index (Phi) is 8.39. The van der Waals surface area contributed by atoms with Crippen LogP contribution in [0.1, 0.15) is 27.0 Å². The van der Waals surface area contributed by atoms with E-state index in [0.717, 1.165) is 35.5 Å². The molecule has 0 fully saturated rings. The summed E-state index contributed by atoms with van der Waals surface area (Å²) in [6.07, 6.45) is 5.16. The summed E-state index contributed by atoms with van der Waals surface area (Å²) in [7, 11) is 0. The quantitative estimate of drug-likeness (QED) is 0.120. The molecule has 0 aliphatic carbocycles. The van der Waals surface area contributed by atoms with Crippen molar-refractivity contribution in [3.8, 4) is 11.5 Å². The number of nitrogen functional groups attached to an aromatic ring is 2. The van der Waals surface area contributed by atoms with E-state index in [4.69, 9.17) is 20.9 Å². The number of rotatable bonds is 11. The number of hydrogen-bond donors (Lipinski definition) is 2. The Morgan fingerprint density at radius 2 is 1.22 bits per heavy atom. The van der Waals surface area contributed by atoms with Crippen LogP contribution >= 0.6 is 0 Å². The van der Waals surface area contributed by atoms with E-state index < -0.39 is 0 Å². The van der Waals surface area contributed by atoms with Crippen LogP contribution in [0.4, 0.5) is 11.4 Å². The maximum Gasteiger partial charge on any atom is 0.185 e. The fourth-order valence-corrected chi connectivity index (χ4v) is 3.80. The Balaban J connectivity index is 1.17. The molecular weight excluding hydrogens is 448 g/mol. The van der Waals surface area contributed by atoms with Gasteiger partial charge in [-0.05, 0) is 78.1 Å². The van der Waals surface area contributed by atoms with E-state index in [1.165, 1.54) is 5.56 Å². The van der Waals surface area contributed by atoms with Crippen molar-refractivity contribution in [2.75, 3.05) is 24.7 Å². The zero-order chi connectivity index (χ0) is 25.2. The molecule has 5 heteroatoms. The Morgan fingerprint density at radius 3 is 1.83 bits per heavy atom. The summed E-state index contributed by atoms with van der Waals surface area (Å²) in [6.45, 7) is 0.870. The van der Waals surface area contributed by atoms with Gasteiger partial charge in [0.1, 0.15) is 24.7 Å². The number of anilines is 2. The van der Waals surface area contributed by atoms with Crippen LogP contribution in [0.25, 0.3) is 6.08 Å². The van der Waals surface area contributed by atoms with E-state index >= 15 is 0 Å². The summed E-state index contributed by atoms with van der Waals surface area (Å²) in [6, 6.07) is 30.6. The second kappa shape index (κ2) is 12.3. The number of aryl methyl sites for hydroxylation is 2. The number of hydrogen-bond acceptors (Lipinski definition) is 5. The number of allylic oxidation sites excluding steroid dienone is 1. The first kappa shape index (κ1) is 24.6. The van der Waals surface area contributed by atoms with Crippen LogP contribution < -0.4 is 20.9 Å². The maximum absolute atomic E-state index is 12.2. The predicted octanol–water partition coefficient (Wildman–Crippen LogP) is 5.99. The summed E-state index contributed by atoms with van der Waals surface area (Å²) in [5.41, 5.74) is 17.1. The van der Waals surface area contributed by atoms with Crippen molar-refractivity contribution >= 4 is 23.2 Å². The fourth-order valence-electron chi connectivity index (χ4n) is 3.80. The molecule has 4 aromatic carbocycles. The molecule has 0 saturated carbocycles. The van der Waals surface area contributed by atoms with Crippen LogP contribution in [-0.2, 0) is 12.8 Å². The van der Waals surface area contributed by atoms with Crippen LogP contribution in [0.2, 0.25) is 0 Å². The standard InChI is InChI=1S/C31H30N2O3/c32-27-20-25(21-28(33)22-27)7-6-23-8-13-29(14-9-23)35-18-19-36-30-15-10-24(11-16-30)12-17-31(34)26-4-2-1-3-5-26/h1-5,8-17,20-22H,6-7,18-19,32-33H2. The van der Waals surface area contributed by atoms with Gasteiger partial charge in [-0.1, -0.05) is 60.7 Å². The molecule has 4 rings (SSSR count). The van der Waals surface area contributed by atoms with E-state index in [1.807, 2.05) is 66.7 Å². The van der Waals surface area contributed by atoms with Crippen molar-refractivity contribution in [3.05, 3.63) is 125 Å². The highest BCUT2D eigenvalue weighted by Gasteiger charge is 2.02. The van der Waals surface area contributed by atoms with Crippen molar-refractivity contribution in [1.29, 1.82) is 0 Å². The molecule has 0 atom stereocenters. The van der Waals surface area contributed by atoms with E-state index in [9.17, 15) is 4.79 Å². The minimum absolute atomic E-state index is 0.0207. The summed E-state index contributed by atoms with van der Waals surface area (Å²) in [4.78, 5) is 12.2. The van der Waals surface area contributed by atoms with Gasteiger partial charge in [0.15, 0.2) is 5.78 Å². The molecule has 0 bridgehead atoms. The Morgan fingerprint density at radius 1 is 0.667 bits per heavy atom. The van der Waals surface area contributed by atoms with Crippen LogP contribution in [0, 0.1) is 0 Å². The van der Waals surface area contributed by atoms with Crippen molar-refractivity contribution in [2.24, 2.45) is 0 Å². The smallest absolute Gasteiger partial charge is 0.185 e. The molecule has 0 amide bonds. The monoisotopic (exact) mass is 478 g/mol. The van der Waals surface area contributed by atoms with E-state index in [1.54, 1.807) is 30.4 Å². The summed E-state index contributed by atoms with van der Waals surface area (Å²) in [5, 5.41) is 0. The average Bonchev–Trinajstić information content (AvgIpc) is 2.90. The zero-order valence-electron chi connectivity index (χ0n) is 20.1. The van der Waals surface area contributed by atoms with Gasteiger partial charge >= 0.3 is 0 Å². The third-order valence-corrected chi connectivity index (χ3v) is 5.65. The van der Waals surface area contributed by atoms with Crippen LogP contribution in [0.3, 0.4) is 0 Å². The highest BCUT2D eigenvalue weighted by atomic mass is 16.5. The third kappa shape index (κ3) is 7.50. The molecule has 4 N–H and O–H groups in total. The second-order valence-corrected chi connectivity index (χ2v) is 8.48. The van der Waals surface area contributed by atoms with Gasteiger partial charge in [0.05, 0.1) is 0 Å². The van der Waals surface area contributed by atoms with Crippen LogP contribution in [0.5, 0.6) is 11.5 Å². The Labute approximate surface area is 212 Å². The van der Waals surface area contributed by atoms with Crippen molar-refractivity contribution in [3.63, 3.8) is 0 Å². The van der Waals surface area contributed by atoms with Gasteiger partial charge in [-0.3, -0.25) is 4.79 Å². The van der Waals surface area contributed by atoms with E-state index in [2.05, 4.69) is 12.1 Å². The van der Waals surface area contributed by atoms with Gasteiger partial charge in [0.25, 0.3) is 0 Å². The maximum atomic E-state index is 12.2. The molecule has 182 valence electrons. The number of benzene rings is 4. The second-order valence-electron chi connectivity index (χ2n) is 8.48. The SMILES string of the molecule is Nc1cc(N)cc(CCc2ccc(OCCOc3ccc(C=CC(=O)c4ccccc4)cc3)cc2)c1. The van der Waals surface area contributed by atoms with Gasteiger partial charge in [-0.15, -0.1) is 0 Å². The largest absolute Gasteiger partial charge is 0.490 e. The number of ketones is 1. The molecule has 0 unspecified atom stereocenters. The van der Waals surface area contributed by atoms with Gasteiger partial charge in [0.2, 0.25) is 0 Å². The summed E-state index contributed by atoms with van der Waals surface area (Å²) >= 11 is 0. The average molecular weight is 479 g/mol. The van der Waals surface area contributed by atoms with Crippen molar-refractivity contribution < 1.29 is 14.3 Å². The third-order valence-electron chi connectivity index (χ3n) is 5.65. The summed E-state index contributed by atoms with van der Waals surface area (Å²) in [5.74, 6) is 1.54. The molecule has 0 aliphatic rings. The Bertz CT molecular complexity index is 1280. The number of carbonyl (C=O) groups is 1. The number of nitrogens with two attached hydrogens (primary N) is 2. The fraction of sp³-hybridized carbons (Fsp3) is 0.129. The highest BCUT2D eigenvalue weighted by molar-refractivity contribution is 6.06. The lowest BCUT2D eigenvalue weighted by molar-refractivity contribution is 0.104. The molecule has 0 aliphatic heterocycles. The molecule has 0 radical (unpaired) electrons. The molecule has 0 aromatic heterocycles. The van der Waals surface area contributed by atoms with Gasteiger partial charge in [-0.2, -0.15) is 0 Å². The molecule has 36 heavy (non-hydrogen) atoms. The van der Waals surface area contributed by atoms with Crippen molar-refractivity contribution in [2.45, 2.75) is 12.8 Å². The molecule has 0 saturated heterocycles. The van der Waals surface area contributed by atoms with Crippen LogP contribution in [-0.4, -0.2) is 19.0 Å². The number of ether oxygens (including phenoxy) is 2. The first-order chi connectivity index (χ1) is 17.5. The first-order valence-electron chi connectivity index (χ1n) is 11.9. The van der Waals surface area contributed by atoms with Crippen molar-refractivity contribution in [1.82, 2.24) is 0 Å².